The molecule has 2 aromatic carbocycles. The number of anilines is 1. The van der Waals surface area contributed by atoms with Gasteiger partial charge in [-0.3, -0.25) is 4.79 Å². The molecule has 0 radical (unpaired) electrons. The minimum absolute atomic E-state index is 0.0486. The fourth-order valence-electron chi connectivity index (χ4n) is 2.06. The highest BCUT2D eigenvalue weighted by molar-refractivity contribution is 5.92. The van der Waals surface area contributed by atoms with Gasteiger partial charge < -0.3 is 4.90 Å². The van der Waals surface area contributed by atoms with Gasteiger partial charge in [-0.2, -0.15) is 0 Å². The van der Waals surface area contributed by atoms with Crippen molar-refractivity contribution in [2.24, 2.45) is 0 Å². The molecule has 0 aliphatic rings. The first kappa shape index (κ1) is 14.3. The number of halogens is 1. The summed E-state index contributed by atoms with van der Waals surface area (Å²) in [7, 11) is 1.72. The van der Waals surface area contributed by atoms with Gasteiger partial charge in [-0.15, -0.1) is 0 Å². The largest absolute Gasteiger partial charge is 0.316 e. The Balaban J connectivity index is 1.84. The monoisotopic (exact) mass is 271 g/mol. The number of benzene rings is 2. The Bertz CT molecular complexity index is 551. The lowest BCUT2D eigenvalue weighted by Gasteiger charge is -2.17. The smallest absolute Gasteiger partial charge is 0.226 e. The average molecular weight is 271 g/mol. The molecule has 0 aliphatic carbocycles. The van der Waals surface area contributed by atoms with E-state index < -0.39 is 0 Å². The van der Waals surface area contributed by atoms with Crippen LogP contribution in [0.3, 0.4) is 0 Å². The number of aryl methyl sites for hydroxylation is 1. The van der Waals surface area contributed by atoms with Crippen LogP contribution in [0.25, 0.3) is 0 Å². The fourth-order valence-corrected chi connectivity index (χ4v) is 2.06. The van der Waals surface area contributed by atoms with E-state index in [1.54, 1.807) is 24.1 Å². The Morgan fingerprint density at radius 3 is 2.35 bits per heavy atom. The molecule has 2 aromatic rings. The number of nitrogens with zero attached hydrogens (tertiary/aromatic N) is 1. The zero-order chi connectivity index (χ0) is 14.4. The lowest BCUT2D eigenvalue weighted by atomic mass is 10.1. The summed E-state index contributed by atoms with van der Waals surface area (Å²) in [5.41, 5.74) is 1.96. The van der Waals surface area contributed by atoms with E-state index >= 15 is 0 Å². The second kappa shape index (κ2) is 6.85. The molecule has 0 fully saturated rings. The lowest BCUT2D eigenvalue weighted by Crippen LogP contribution is -2.25. The topological polar surface area (TPSA) is 20.3 Å². The maximum Gasteiger partial charge on any atom is 0.226 e. The second-order valence-electron chi connectivity index (χ2n) is 4.77. The van der Waals surface area contributed by atoms with Crippen molar-refractivity contribution >= 4 is 11.6 Å². The summed E-state index contributed by atoms with van der Waals surface area (Å²) in [6, 6.07) is 16.1. The van der Waals surface area contributed by atoms with E-state index in [2.05, 4.69) is 12.1 Å². The van der Waals surface area contributed by atoms with E-state index in [-0.39, 0.29) is 11.7 Å². The molecule has 0 saturated heterocycles. The van der Waals surface area contributed by atoms with Crippen molar-refractivity contribution in [2.45, 2.75) is 19.3 Å². The van der Waals surface area contributed by atoms with Crippen LogP contribution in [-0.4, -0.2) is 13.0 Å². The molecular formula is C17H18FNO. The van der Waals surface area contributed by atoms with Gasteiger partial charge in [0.15, 0.2) is 0 Å². The average Bonchev–Trinajstić information content (AvgIpc) is 2.48. The molecule has 0 saturated carbocycles. The Hall–Kier alpha value is -2.16. The molecule has 0 spiro atoms. The van der Waals surface area contributed by atoms with Gasteiger partial charge >= 0.3 is 0 Å². The van der Waals surface area contributed by atoms with Gasteiger partial charge in [0.1, 0.15) is 5.82 Å². The molecule has 1 amide bonds. The third-order valence-electron chi connectivity index (χ3n) is 3.29. The highest BCUT2D eigenvalue weighted by atomic mass is 19.1. The van der Waals surface area contributed by atoms with Gasteiger partial charge in [0, 0.05) is 19.2 Å². The molecule has 0 N–H and O–H groups in total. The van der Waals surface area contributed by atoms with Gasteiger partial charge in [0.05, 0.1) is 0 Å². The SMILES string of the molecule is CN(C(=O)CCCc1ccccc1)c1ccc(F)cc1. The molecule has 0 unspecified atom stereocenters. The Kier molecular flexibility index (Phi) is 4.88. The second-order valence-corrected chi connectivity index (χ2v) is 4.77. The van der Waals surface area contributed by atoms with Crippen LogP contribution < -0.4 is 4.90 Å². The summed E-state index contributed by atoms with van der Waals surface area (Å²) < 4.78 is 12.8. The van der Waals surface area contributed by atoms with E-state index in [1.165, 1.54) is 17.7 Å². The molecule has 104 valence electrons. The van der Waals surface area contributed by atoms with Crippen LogP contribution in [0.1, 0.15) is 18.4 Å². The predicted octanol–water partition coefficient (Wildman–Crippen LogP) is 3.81. The van der Waals surface area contributed by atoms with Crippen LogP contribution in [0.15, 0.2) is 54.6 Å². The van der Waals surface area contributed by atoms with Gasteiger partial charge in [-0.05, 0) is 42.7 Å². The maximum absolute atomic E-state index is 12.8. The van der Waals surface area contributed by atoms with E-state index in [0.29, 0.717) is 6.42 Å². The van der Waals surface area contributed by atoms with E-state index in [9.17, 15) is 9.18 Å². The van der Waals surface area contributed by atoms with Crippen molar-refractivity contribution < 1.29 is 9.18 Å². The standard InChI is InChI=1S/C17H18FNO/c1-19(16-12-10-15(18)11-13-16)17(20)9-5-8-14-6-3-2-4-7-14/h2-4,6-7,10-13H,5,8-9H2,1H3. The number of hydrogen-bond donors (Lipinski definition) is 0. The Morgan fingerprint density at radius 1 is 1.05 bits per heavy atom. The maximum atomic E-state index is 12.8. The van der Waals surface area contributed by atoms with Crippen LogP contribution in [0.4, 0.5) is 10.1 Å². The summed E-state index contributed by atoms with van der Waals surface area (Å²) in [5, 5.41) is 0. The first-order chi connectivity index (χ1) is 9.66. The minimum atomic E-state index is -0.293. The zero-order valence-corrected chi connectivity index (χ0v) is 11.6. The van der Waals surface area contributed by atoms with E-state index in [0.717, 1.165) is 18.5 Å². The highest BCUT2D eigenvalue weighted by Crippen LogP contribution is 2.15. The lowest BCUT2D eigenvalue weighted by molar-refractivity contribution is -0.118. The van der Waals surface area contributed by atoms with Gasteiger partial charge in [-0.25, -0.2) is 4.39 Å². The summed E-state index contributed by atoms with van der Waals surface area (Å²) in [6.45, 7) is 0. The number of rotatable bonds is 5. The number of carbonyl (C=O) groups is 1. The molecule has 0 bridgehead atoms. The van der Waals surface area contributed by atoms with Gasteiger partial charge in [0.25, 0.3) is 0 Å². The molecule has 3 heteroatoms. The summed E-state index contributed by atoms with van der Waals surface area (Å²) in [6.07, 6.45) is 2.20. The van der Waals surface area contributed by atoms with Crippen molar-refractivity contribution in [1.82, 2.24) is 0 Å². The third kappa shape index (κ3) is 3.92. The molecule has 20 heavy (non-hydrogen) atoms. The predicted molar refractivity (Wildman–Crippen MR) is 79.2 cm³/mol. The number of amides is 1. The van der Waals surface area contributed by atoms with Crippen molar-refractivity contribution in [1.29, 1.82) is 0 Å². The van der Waals surface area contributed by atoms with Gasteiger partial charge in [-0.1, -0.05) is 30.3 Å². The molecule has 2 rings (SSSR count). The molecular weight excluding hydrogens is 253 g/mol. The molecule has 0 aromatic heterocycles. The van der Waals surface area contributed by atoms with Crippen molar-refractivity contribution in [3.63, 3.8) is 0 Å². The Labute approximate surface area is 118 Å². The van der Waals surface area contributed by atoms with E-state index in [1.807, 2.05) is 18.2 Å². The normalized spacial score (nSPS) is 10.3. The highest BCUT2D eigenvalue weighted by Gasteiger charge is 2.10. The van der Waals surface area contributed by atoms with Crippen LogP contribution in [0, 0.1) is 5.82 Å². The van der Waals surface area contributed by atoms with Crippen LogP contribution in [0.5, 0.6) is 0 Å². The molecule has 0 heterocycles. The van der Waals surface area contributed by atoms with Crippen LogP contribution in [0.2, 0.25) is 0 Å². The molecule has 2 nitrogen and oxygen atoms in total. The first-order valence-corrected chi connectivity index (χ1v) is 6.73. The first-order valence-electron chi connectivity index (χ1n) is 6.73. The van der Waals surface area contributed by atoms with Gasteiger partial charge in [0.2, 0.25) is 5.91 Å². The molecule has 0 aliphatic heterocycles. The third-order valence-corrected chi connectivity index (χ3v) is 3.29. The fraction of sp³-hybridized carbons (Fsp3) is 0.235. The number of carbonyl (C=O) groups excluding carboxylic acids is 1. The molecule has 0 atom stereocenters. The van der Waals surface area contributed by atoms with Crippen LogP contribution in [-0.2, 0) is 11.2 Å². The quantitative estimate of drug-likeness (QED) is 0.809. The summed E-state index contributed by atoms with van der Waals surface area (Å²) in [4.78, 5) is 13.6. The summed E-state index contributed by atoms with van der Waals surface area (Å²) in [5.74, 6) is -0.244. The van der Waals surface area contributed by atoms with Crippen LogP contribution >= 0.6 is 0 Å². The Morgan fingerprint density at radius 2 is 1.70 bits per heavy atom. The van der Waals surface area contributed by atoms with Crippen molar-refractivity contribution in [3.05, 3.63) is 66.0 Å². The van der Waals surface area contributed by atoms with Crippen molar-refractivity contribution in [3.8, 4) is 0 Å². The van der Waals surface area contributed by atoms with E-state index in [4.69, 9.17) is 0 Å². The zero-order valence-electron chi connectivity index (χ0n) is 11.6. The number of hydrogen-bond acceptors (Lipinski definition) is 1. The summed E-state index contributed by atoms with van der Waals surface area (Å²) >= 11 is 0. The minimum Gasteiger partial charge on any atom is -0.316 e. The van der Waals surface area contributed by atoms with Crippen molar-refractivity contribution in [2.75, 3.05) is 11.9 Å².